The summed E-state index contributed by atoms with van der Waals surface area (Å²) >= 11 is 0. The Hall–Kier alpha value is -2.77. The number of hydrogen-bond donors (Lipinski definition) is 1. The number of Topliss-reactive ketones (excluding diaryl/α,β-unsaturated/α-hetero) is 3. The Bertz CT molecular complexity index is 908. The van der Waals surface area contributed by atoms with Crippen LogP contribution in [-0.2, 0) is 25.5 Å². The lowest BCUT2D eigenvalue weighted by molar-refractivity contribution is -0.146. The number of cyclic esters (lactones) is 1. The maximum absolute atomic E-state index is 14.3. The van der Waals surface area contributed by atoms with Crippen molar-refractivity contribution in [2.24, 2.45) is 5.92 Å². The highest BCUT2D eigenvalue weighted by atomic mass is 19.1. The molecule has 174 valence electrons. The molecule has 0 radical (unpaired) electrons. The lowest BCUT2D eigenvalue weighted by atomic mass is 9.93. The second-order valence-electron chi connectivity index (χ2n) is 8.81. The zero-order valence-corrected chi connectivity index (χ0v) is 18.6. The predicted octanol–water partition coefficient (Wildman–Crippen LogP) is 3.34. The van der Waals surface area contributed by atoms with E-state index in [1.807, 2.05) is 6.07 Å². The van der Waals surface area contributed by atoms with Gasteiger partial charge in [0.2, 0.25) is 11.6 Å². The molecule has 8 heteroatoms. The van der Waals surface area contributed by atoms with Gasteiger partial charge in [0.15, 0.2) is 6.17 Å². The minimum Gasteiger partial charge on any atom is -0.507 e. The monoisotopic (exact) mass is 447 g/mol. The van der Waals surface area contributed by atoms with Crippen LogP contribution >= 0.6 is 0 Å². The second-order valence-corrected chi connectivity index (χ2v) is 8.81. The number of halogens is 1. The number of nitrogens with zero attached hydrogens (tertiary/aromatic N) is 1. The maximum atomic E-state index is 14.3. The Morgan fingerprint density at radius 1 is 1.00 bits per heavy atom. The molecule has 0 spiro atoms. The first kappa shape index (κ1) is 23.9. The number of alkyl halides is 1. The predicted molar refractivity (Wildman–Crippen MR) is 116 cm³/mol. The largest absolute Gasteiger partial charge is 0.507 e. The Morgan fingerprint density at radius 2 is 1.69 bits per heavy atom. The molecule has 1 saturated heterocycles. The standard InChI is InChI=1S/C24H30FNO6/c1-14-11-18(25)22(29)23(30)19(27)8-6-7-16-12-17(26-9-4-3-5-10-26)13-20(28)21(16)24(31)32-15(14)2/h12-15,18,28H,3-11H2,1-2H3/t14-,15-,18?/m0/s1. The molecule has 0 amide bonds. The molecule has 3 rings (SSSR count). The third-order valence-electron chi connectivity index (χ3n) is 6.39. The number of carbonyl (C=O) groups excluding carboxylic acids is 4. The summed E-state index contributed by atoms with van der Waals surface area (Å²) in [6, 6.07) is 3.37. The van der Waals surface area contributed by atoms with Crippen LogP contribution in [0.3, 0.4) is 0 Å². The number of esters is 1. The molecule has 0 bridgehead atoms. The molecule has 7 nitrogen and oxygen atoms in total. The van der Waals surface area contributed by atoms with Crippen LogP contribution in [-0.4, -0.2) is 53.8 Å². The van der Waals surface area contributed by atoms with Gasteiger partial charge in [-0.25, -0.2) is 9.18 Å². The molecule has 1 aromatic rings. The normalized spacial score (nSPS) is 26.3. The van der Waals surface area contributed by atoms with Crippen molar-refractivity contribution in [2.75, 3.05) is 18.0 Å². The molecule has 2 aliphatic heterocycles. The third kappa shape index (κ3) is 5.34. The number of aromatic hydroxyl groups is 1. The average Bonchev–Trinajstić information content (AvgIpc) is 2.77. The minimum absolute atomic E-state index is 0.0218. The van der Waals surface area contributed by atoms with Crippen LogP contribution in [0.15, 0.2) is 12.1 Å². The molecule has 1 aromatic carbocycles. The molecule has 1 N–H and O–H groups in total. The van der Waals surface area contributed by atoms with Gasteiger partial charge in [-0.05, 0) is 63.0 Å². The highest BCUT2D eigenvalue weighted by Crippen LogP contribution is 2.33. The number of piperidine rings is 1. The van der Waals surface area contributed by atoms with E-state index in [4.69, 9.17) is 4.74 Å². The van der Waals surface area contributed by atoms with Gasteiger partial charge in [-0.15, -0.1) is 0 Å². The summed E-state index contributed by atoms with van der Waals surface area (Å²) in [6.45, 7) is 4.85. The highest BCUT2D eigenvalue weighted by Gasteiger charge is 2.33. The van der Waals surface area contributed by atoms with E-state index in [1.165, 1.54) is 0 Å². The van der Waals surface area contributed by atoms with Gasteiger partial charge in [0.05, 0.1) is 0 Å². The Morgan fingerprint density at radius 3 is 2.38 bits per heavy atom. The number of rotatable bonds is 1. The van der Waals surface area contributed by atoms with Crippen LogP contribution in [0.1, 0.15) is 68.3 Å². The van der Waals surface area contributed by atoms with E-state index in [0.29, 0.717) is 5.56 Å². The number of hydrogen-bond acceptors (Lipinski definition) is 7. The number of benzene rings is 1. The van der Waals surface area contributed by atoms with Crippen LogP contribution in [0.25, 0.3) is 0 Å². The van der Waals surface area contributed by atoms with Crippen LogP contribution in [0, 0.1) is 5.92 Å². The second kappa shape index (κ2) is 10.2. The number of anilines is 1. The van der Waals surface area contributed by atoms with Crippen LogP contribution in [0.4, 0.5) is 10.1 Å². The van der Waals surface area contributed by atoms with Gasteiger partial charge in [0.1, 0.15) is 17.4 Å². The van der Waals surface area contributed by atoms with E-state index in [2.05, 4.69) is 4.90 Å². The van der Waals surface area contributed by atoms with Gasteiger partial charge in [0, 0.05) is 31.3 Å². The smallest absolute Gasteiger partial charge is 0.342 e. The topological polar surface area (TPSA) is 101 Å². The quantitative estimate of drug-likeness (QED) is 0.520. The SMILES string of the molecule is C[C@@H]1OC(=O)c2c(O)cc(N3CCCCC3)cc2CCCC(=O)C(=O)C(=O)C(F)C[C@@H]1C. The molecule has 0 aliphatic carbocycles. The fourth-order valence-corrected chi connectivity index (χ4v) is 4.24. The summed E-state index contributed by atoms with van der Waals surface area (Å²) in [7, 11) is 0. The fourth-order valence-electron chi connectivity index (χ4n) is 4.24. The number of ketones is 3. The Kier molecular flexibility index (Phi) is 7.64. The van der Waals surface area contributed by atoms with E-state index < -0.39 is 41.5 Å². The fraction of sp³-hybridized carbons (Fsp3) is 0.583. The number of fused-ring (bicyclic) bond motifs is 1. The van der Waals surface area contributed by atoms with Crippen molar-refractivity contribution in [1.29, 1.82) is 0 Å². The van der Waals surface area contributed by atoms with E-state index >= 15 is 0 Å². The molecule has 1 unspecified atom stereocenters. The van der Waals surface area contributed by atoms with Crippen molar-refractivity contribution >= 4 is 29.0 Å². The molecule has 2 heterocycles. The molecule has 2 aliphatic rings. The first-order valence-corrected chi connectivity index (χ1v) is 11.3. The Labute approximate surface area is 186 Å². The van der Waals surface area contributed by atoms with Crippen molar-refractivity contribution in [2.45, 2.75) is 71.1 Å². The lowest BCUT2D eigenvalue weighted by Gasteiger charge is -2.30. The summed E-state index contributed by atoms with van der Waals surface area (Å²) < 4.78 is 19.8. The van der Waals surface area contributed by atoms with Gasteiger partial charge in [-0.3, -0.25) is 14.4 Å². The number of ether oxygens (including phenoxy) is 1. The van der Waals surface area contributed by atoms with Gasteiger partial charge in [-0.2, -0.15) is 0 Å². The van der Waals surface area contributed by atoms with Crippen molar-refractivity contribution in [1.82, 2.24) is 0 Å². The molecular formula is C24H30FNO6. The van der Waals surface area contributed by atoms with E-state index in [-0.39, 0.29) is 37.0 Å². The van der Waals surface area contributed by atoms with Crippen molar-refractivity contribution in [3.05, 3.63) is 23.3 Å². The molecule has 1 fully saturated rings. The molecular weight excluding hydrogens is 417 g/mol. The number of carbonyl (C=O) groups is 4. The first-order chi connectivity index (χ1) is 15.2. The van der Waals surface area contributed by atoms with Crippen molar-refractivity contribution in [3.63, 3.8) is 0 Å². The van der Waals surface area contributed by atoms with Crippen LogP contribution in [0.5, 0.6) is 5.75 Å². The van der Waals surface area contributed by atoms with Crippen LogP contribution in [0.2, 0.25) is 0 Å². The number of phenols is 1. The Balaban J connectivity index is 1.95. The van der Waals surface area contributed by atoms with Gasteiger partial charge in [-0.1, -0.05) is 6.92 Å². The average molecular weight is 448 g/mol. The first-order valence-electron chi connectivity index (χ1n) is 11.3. The summed E-state index contributed by atoms with van der Waals surface area (Å²) in [5.74, 6) is -5.12. The van der Waals surface area contributed by atoms with Gasteiger partial charge < -0.3 is 14.7 Å². The summed E-state index contributed by atoms with van der Waals surface area (Å²) in [5.41, 5.74) is 1.32. The third-order valence-corrected chi connectivity index (χ3v) is 6.39. The minimum atomic E-state index is -2.13. The zero-order valence-electron chi connectivity index (χ0n) is 18.6. The lowest BCUT2D eigenvalue weighted by Crippen LogP contribution is -2.34. The number of phenolic OH excluding ortho intramolecular Hbond substituents is 1. The highest BCUT2D eigenvalue weighted by molar-refractivity contribution is 6.64. The van der Waals surface area contributed by atoms with E-state index in [0.717, 1.165) is 38.0 Å². The maximum Gasteiger partial charge on any atom is 0.342 e. The zero-order chi connectivity index (χ0) is 23.4. The molecule has 0 saturated carbocycles. The van der Waals surface area contributed by atoms with Crippen LogP contribution < -0.4 is 4.90 Å². The summed E-state index contributed by atoms with van der Waals surface area (Å²) in [5, 5.41) is 10.7. The summed E-state index contributed by atoms with van der Waals surface area (Å²) in [6.07, 6.45) is 0.121. The molecule has 3 atom stereocenters. The molecule has 32 heavy (non-hydrogen) atoms. The van der Waals surface area contributed by atoms with Gasteiger partial charge >= 0.3 is 5.97 Å². The summed E-state index contributed by atoms with van der Waals surface area (Å²) in [4.78, 5) is 51.3. The van der Waals surface area contributed by atoms with Gasteiger partial charge in [0.25, 0.3) is 5.78 Å². The van der Waals surface area contributed by atoms with Crippen molar-refractivity contribution < 1.29 is 33.4 Å². The van der Waals surface area contributed by atoms with Crippen molar-refractivity contribution in [3.8, 4) is 5.75 Å². The number of aryl methyl sites for hydroxylation is 1. The van der Waals surface area contributed by atoms with E-state index in [9.17, 15) is 28.7 Å². The molecule has 0 aromatic heterocycles. The van der Waals surface area contributed by atoms with E-state index in [1.54, 1.807) is 19.9 Å².